The molecule has 0 aliphatic carbocycles. The van der Waals surface area contributed by atoms with E-state index in [0.717, 1.165) is 16.5 Å². The highest BCUT2D eigenvalue weighted by molar-refractivity contribution is 9.10. The monoisotopic (exact) mass is 722 g/mol. The Morgan fingerprint density at radius 3 is 2.27 bits per heavy atom. The van der Waals surface area contributed by atoms with Gasteiger partial charge in [0, 0.05) is 36.2 Å². The number of aromatic nitrogens is 1. The summed E-state index contributed by atoms with van der Waals surface area (Å²) in [7, 11) is 1.50. The summed E-state index contributed by atoms with van der Waals surface area (Å²) in [5.74, 6) is -3.49. The molecule has 12 heteroatoms. The Balaban J connectivity index is 1.74. The Morgan fingerprint density at radius 2 is 1.58 bits per heavy atom. The Hall–Kier alpha value is -4.45. The van der Waals surface area contributed by atoms with Crippen molar-refractivity contribution in [2.75, 3.05) is 7.05 Å². The summed E-state index contributed by atoms with van der Waals surface area (Å²) < 4.78 is 6.34. The van der Waals surface area contributed by atoms with Crippen LogP contribution in [0.4, 0.5) is 0 Å². The predicted molar refractivity (Wildman–Crippen MR) is 185 cm³/mol. The van der Waals surface area contributed by atoms with Gasteiger partial charge in [-0.25, -0.2) is 0 Å². The van der Waals surface area contributed by atoms with Crippen LogP contribution in [0, 0.1) is 11.8 Å². The molecule has 3 aromatic rings. The first-order valence-electron chi connectivity index (χ1n) is 16.0. The number of amides is 3. The summed E-state index contributed by atoms with van der Waals surface area (Å²) in [5.41, 5.74) is 2.41. The summed E-state index contributed by atoms with van der Waals surface area (Å²) in [6.45, 7) is 10.5. The van der Waals surface area contributed by atoms with Gasteiger partial charge in [-0.05, 0) is 77.5 Å². The zero-order valence-corrected chi connectivity index (χ0v) is 29.4. The van der Waals surface area contributed by atoms with Crippen LogP contribution in [0.3, 0.4) is 0 Å². The van der Waals surface area contributed by atoms with E-state index in [-0.39, 0.29) is 42.8 Å². The first kappa shape index (κ1) is 36.4. The van der Waals surface area contributed by atoms with Crippen molar-refractivity contribution in [3.05, 3.63) is 76.4 Å². The number of phenols is 1. The van der Waals surface area contributed by atoms with E-state index in [9.17, 15) is 29.1 Å². The second kappa shape index (κ2) is 15.6. The van der Waals surface area contributed by atoms with Gasteiger partial charge in [-0.1, -0.05) is 50.8 Å². The van der Waals surface area contributed by atoms with Crippen molar-refractivity contribution in [3.8, 4) is 5.75 Å². The van der Waals surface area contributed by atoms with E-state index in [1.165, 1.54) is 24.1 Å². The zero-order chi connectivity index (χ0) is 35.3. The van der Waals surface area contributed by atoms with Gasteiger partial charge >= 0.3 is 5.97 Å². The number of nitrogens with one attached hydrogen (secondary N) is 3. The quantitative estimate of drug-likeness (QED) is 0.222. The van der Waals surface area contributed by atoms with E-state index in [1.54, 1.807) is 39.8 Å². The van der Waals surface area contributed by atoms with Crippen molar-refractivity contribution in [1.29, 1.82) is 0 Å². The number of fused-ring (bicyclic) bond motifs is 1. The number of benzene rings is 2. The first-order valence-corrected chi connectivity index (χ1v) is 16.8. The molecule has 256 valence electrons. The summed E-state index contributed by atoms with van der Waals surface area (Å²) in [6, 6.07) is 10.7. The lowest BCUT2D eigenvalue weighted by Gasteiger charge is -2.31. The number of esters is 1. The van der Waals surface area contributed by atoms with Gasteiger partial charge in [-0.3, -0.25) is 24.0 Å². The SMILES string of the molecule is C=C1C[C@H](C)C(=O)N[C@@H](C)C(=O)N(C)[C@H](Cc2c(Br)[nH]c3ccccc23)C(=O)N[C@@H](c2ccc(O)cc2)CC(=O)O[C@@H](C)C[C@@H](C)C1=O. The number of H-pyrrole nitrogens is 1. The number of halogens is 1. The normalized spacial score (nSPS) is 25.9. The lowest BCUT2D eigenvalue weighted by molar-refractivity contribution is -0.150. The highest BCUT2D eigenvalue weighted by Crippen LogP contribution is 2.29. The number of para-hydroxylation sites is 1. The summed E-state index contributed by atoms with van der Waals surface area (Å²) in [4.78, 5) is 72.2. The molecule has 1 saturated heterocycles. The molecule has 3 amide bonds. The molecule has 48 heavy (non-hydrogen) atoms. The summed E-state index contributed by atoms with van der Waals surface area (Å²) in [5, 5.41) is 16.5. The molecule has 0 bridgehead atoms. The molecule has 6 atom stereocenters. The summed E-state index contributed by atoms with van der Waals surface area (Å²) in [6.07, 6.45) is -0.452. The van der Waals surface area contributed by atoms with E-state index >= 15 is 0 Å². The van der Waals surface area contributed by atoms with E-state index in [2.05, 4.69) is 38.1 Å². The number of hydrogen-bond donors (Lipinski definition) is 4. The molecule has 4 rings (SSSR count). The van der Waals surface area contributed by atoms with E-state index in [1.807, 2.05) is 24.3 Å². The van der Waals surface area contributed by atoms with Gasteiger partial charge < -0.3 is 30.4 Å². The lowest BCUT2D eigenvalue weighted by atomic mass is 9.90. The number of nitrogens with zero attached hydrogens (tertiary/aromatic N) is 1. The average Bonchev–Trinajstić information content (AvgIpc) is 3.35. The minimum absolute atomic E-state index is 0.00960. The van der Waals surface area contributed by atoms with E-state index < -0.39 is 59.8 Å². The highest BCUT2D eigenvalue weighted by Gasteiger charge is 2.35. The number of carbonyl (C=O) groups is 5. The second-order valence-electron chi connectivity index (χ2n) is 12.7. The smallest absolute Gasteiger partial charge is 0.308 e. The number of cyclic esters (lactones) is 1. The second-order valence-corrected chi connectivity index (χ2v) is 13.5. The fourth-order valence-corrected chi connectivity index (χ4v) is 6.66. The average molecular weight is 724 g/mol. The third-order valence-electron chi connectivity index (χ3n) is 8.80. The molecule has 0 saturated carbocycles. The lowest BCUT2D eigenvalue weighted by Crippen LogP contribution is -2.55. The maximum absolute atomic E-state index is 14.3. The molecule has 4 N–H and O–H groups in total. The molecule has 2 heterocycles. The minimum atomic E-state index is -1.07. The third kappa shape index (κ3) is 8.71. The van der Waals surface area contributed by atoms with Crippen molar-refractivity contribution >= 4 is 56.3 Å². The Kier molecular flexibility index (Phi) is 11.9. The van der Waals surface area contributed by atoms with Crippen molar-refractivity contribution in [2.24, 2.45) is 11.8 Å². The Bertz CT molecular complexity index is 1700. The number of likely N-dealkylation sites (N-methyl/N-ethyl adjacent to an activating group) is 1. The number of allylic oxidation sites excluding steroid dienone is 1. The van der Waals surface area contributed by atoms with Crippen molar-refractivity contribution in [1.82, 2.24) is 20.5 Å². The number of rotatable bonds is 3. The molecule has 1 fully saturated rings. The van der Waals surface area contributed by atoms with Crippen LogP contribution in [0.25, 0.3) is 10.9 Å². The molecule has 0 radical (unpaired) electrons. The molecular formula is C36H43BrN4O7. The van der Waals surface area contributed by atoms with E-state index in [0.29, 0.717) is 10.2 Å². The van der Waals surface area contributed by atoms with Gasteiger partial charge in [0.25, 0.3) is 0 Å². The molecule has 1 aliphatic heterocycles. The minimum Gasteiger partial charge on any atom is -0.508 e. The standard InChI is InChI=1S/C36H43BrN4O7/c1-19-15-21(3)34(45)38-23(5)36(47)41(6)30(17-27-26-9-7-8-10-28(26)39-33(27)37)35(46)40-29(24-11-13-25(42)14-12-24)18-31(43)48-22(4)16-20(2)32(19)44/h7-14,20-23,29-30,39,42H,1,15-18H2,2-6H3,(H,38,45)(H,40,46)/t20-,21+,22+,23+,29-,30-/m1/s1. The number of Topliss-reactive ketones (excluding diaryl/α,β-unsaturated/α-hetero) is 1. The number of aromatic amines is 1. The van der Waals surface area contributed by atoms with Crippen LogP contribution in [0.5, 0.6) is 5.75 Å². The zero-order valence-electron chi connectivity index (χ0n) is 27.8. The van der Waals surface area contributed by atoms with Crippen molar-refractivity contribution in [3.63, 3.8) is 0 Å². The molecule has 0 spiro atoms. The van der Waals surface area contributed by atoms with Gasteiger partial charge in [-0.2, -0.15) is 0 Å². The largest absolute Gasteiger partial charge is 0.508 e. The van der Waals surface area contributed by atoms with Crippen LogP contribution in [0.1, 0.15) is 64.1 Å². The number of phenolic OH excluding ortho intramolecular Hbond substituents is 1. The van der Waals surface area contributed by atoms with Gasteiger partial charge in [0.05, 0.1) is 23.2 Å². The van der Waals surface area contributed by atoms with Crippen molar-refractivity contribution < 1.29 is 33.8 Å². The number of hydrogen-bond acceptors (Lipinski definition) is 7. The maximum atomic E-state index is 14.3. The fourth-order valence-electron chi connectivity index (χ4n) is 6.07. The number of aromatic hydroxyl groups is 1. The van der Waals surface area contributed by atoms with E-state index in [4.69, 9.17) is 4.74 Å². The summed E-state index contributed by atoms with van der Waals surface area (Å²) >= 11 is 3.58. The van der Waals surface area contributed by atoms with Crippen LogP contribution >= 0.6 is 15.9 Å². The van der Waals surface area contributed by atoms with Gasteiger partial charge in [-0.15, -0.1) is 0 Å². The Labute approximate surface area is 288 Å². The molecule has 2 aromatic carbocycles. The molecule has 1 aromatic heterocycles. The first-order chi connectivity index (χ1) is 22.7. The molecule has 0 unspecified atom stereocenters. The van der Waals surface area contributed by atoms with Crippen LogP contribution in [-0.4, -0.2) is 69.7 Å². The third-order valence-corrected chi connectivity index (χ3v) is 9.48. The maximum Gasteiger partial charge on any atom is 0.308 e. The van der Waals surface area contributed by atoms with Gasteiger partial charge in [0.2, 0.25) is 17.7 Å². The molecular weight excluding hydrogens is 680 g/mol. The topological polar surface area (TPSA) is 158 Å². The van der Waals surface area contributed by atoms with Crippen LogP contribution < -0.4 is 10.6 Å². The van der Waals surface area contributed by atoms with Crippen LogP contribution in [-0.2, 0) is 35.1 Å². The van der Waals surface area contributed by atoms with Gasteiger partial charge in [0.15, 0.2) is 5.78 Å². The molecule has 1 aliphatic rings. The van der Waals surface area contributed by atoms with Crippen LogP contribution in [0.15, 0.2) is 65.3 Å². The number of ketones is 1. The Morgan fingerprint density at radius 1 is 0.917 bits per heavy atom. The van der Waals surface area contributed by atoms with Gasteiger partial charge in [0.1, 0.15) is 17.8 Å². The predicted octanol–water partition coefficient (Wildman–Crippen LogP) is 4.88. The number of ether oxygens (including phenoxy) is 1. The van der Waals surface area contributed by atoms with Crippen LogP contribution in [0.2, 0.25) is 0 Å². The fraction of sp³-hybridized carbons (Fsp3) is 0.417. The van der Waals surface area contributed by atoms with Crippen molar-refractivity contribution in [2.45, 2.75) is 77.6 Å². The molecule has 11 nitrogen and oxygen atoms in total. The number of carbonyl (C=O) groups excluding carboxylic acids is 5. The highest BCUT2D eigenvalue weighted by atomic mass is 79.9.